The molecule has 0 saturated heterocycles. The van der Waals surface area contributed by atoms with Crippen molar-refractivity contribution < 1.29 is 8.42 Å². The average Bonchev–Trinajstić information content (AvgIpc) is 2.35. The van der Waals surface area contributed by atoms with Gasteiger partial charge in [0.1, 0.15) is 4.90 Å². The maximum atomic E-state index is 12.4. The van der Waals surface area contributed by atoms with Crippen LogP contribution in [0.4, 0.5) is 11.4 Å². The Bertz CT molecular complexity index is 810. The van der Waals surface area contributed by atoms with Gasteiger partial charge < -0.3 is 5.73 Å². The summed E-state index contributed by atoms with van der Waals surface area (Å²) < 4.78 is 27.8. The van der Waals surface area contributed by atoms with E-state index >= 15 is 0 Å². The summed E-state index contributed by atoms with van der Waals surface area (Å²) in [5.41, 5.74) is 7.11. The number of nitrogens with two attached hydrogens (primary N) is 1. The molecule has 0 unspecified atom stereocenters. The van der Waals surface area contributed by atoms with E-state index in [0.29, 0.717) is 20.9 Å². The fourth-order valence-electron chi connectivity index (χ4n) is 1.66. The second kappa shape index (κ2) is 6.04. The number of benzene rings is 2. The fraction of sp³-hybridized carbons (Fsp3) is 0.0769. The van der Waals surface area contributed by atoms with E-state index in [1.165, 1.54) is 24.3 Å². The third-order valence-corrected chi connectivity index (χ3v) is 5.65. The number of nitrogen functional groups attached to an aromatic ring is 1. The van der Waals surface area contributed by atoms with Crippen molar-refractivity contribution in [2.75, 3.05) is 10.5 Å². The Balaban J connectivity index is 2.45. The SMILES string of the molecule is Cc1cc(Br)c(NS(=O)(=O)c2ccc(N)cc2Cl)cc1Cl. The van der Waals surface area contributed by atoms with Gasteiger partial charge in [0.25, 0.3) is 10.0 Å². The molecule has 0 atom stereocenters. The number of hydrogen-bond acceptors (Lipinski definition) is 3. The van der Waals surface area contributed by atoms with E-state index in [1.54, 1.807) is 6.07 Å². The highest BCUT2D eigenvalue weighted by Crippen LogP contribution is 2.32. The molecule has 0 bridgehead atoms. The molecule has 0 radical (unpaired) electrons. The predicted molar refractivity (Wildman–Crippen MR) is 90.6 cm³/mol. The minimum Gasteiger partial charge on any atom is -0.399 e. The Morgan fingerprint density at radius 1 is 1.14 bits per heavy atom. The van der Waals surface area contributed by atoms with Crippen LogP contribution >= 0.6 is 39.1 Å². The largest absolute Gasteiger partial charge is 0.399 e. The maximum absolute atomic E-state index is 12.4. The van der Waals surface area contributed by atoms with Gasteiger partial charge in [0, 0.05) is 15.2 Å². The summed E-state index contributed by atoms with van der Waals surface area (Å²) in [6, 6.07) is 7.46. The highest BCUT2D eigenvalue weighted by Gasteiger charge is 2.19. The zero-order valence-electron chi connectivity index (χ0n) is 10.8. The van der Waals surface area contributed by atoms with Gasteiger partial charge in [-0.15, -0.1) is 0 Å². The summed E-state index contributed by atoms with van der Waals surface area (Å²) in [6.45, 7) is 1.82. The lowest BCUT2D eigenvalue weighted by atomic mass is 10.2. The molecule has 2 rings (SSSR count). The molecule has 112 valence electrons. The quantitative estimate of drug-likeness (QED) is 0.735. The van der Waals surface area contributed by atoms with E-state index in [2.05, 4.69) is 20.7 Å². The number of aryl methyl sites for hydroxylation is 1. The molecule has 0 amide bonds. The summed E-state index contributed by atoms with van der Waals surface area (Å²) in [5.74, 6) is 0. The summed E-state index contributed by atoms with van der Waals surface area (Å²) in [5, 5.41) is 0.510. The van der Waals surface area contributed by atoms with E-state index in [9.17, 15) is 8.42 Å². The Labute approximate surface area is 141 Å². The third kappa shape index (κ3) is 3.63. The van der Waals surface area contributed by atoms with Crippen LogP contribution in [0.5, 0.6) is 0 Å². The molecule has 2 aromatic rings. The van der Waals surface area contributed by atoms with Crippen molar-refractivity contribution in [2.24, 2.45) is 0 Å². The van der Waals surface area contributed by atoms with Gasteiger partial charge >= 0.3 is 0 Å². The molecule has 21 heavy (non-hydrogen) atoms. The van der Waals surface area contributed by atoms with Crippen LogP contribution in [-0.4, -0.2) is 8.42 Å². The van der Waals surface area contributed by atoms with Crippen LogP contribution in [0.1, 0.15) is 5.56 Å². The monoisotopic (exact) mass is 408 g/mol. The van der Waals surface area contributed by atoms with Gasteiger partial charge in [0.2, 0.25) is 0 Å². The van der Waals surface area contributed by atoms with Gasteiger partial charge in [-0.3, -0.25) is 4.72 Å². The van der Waals surface area contributed by atoms with Crippen molar-refractivity contribution in [3.63, 3.8) is 0 Å². The number of nitrogens with one attached hydrogen (secondary N) is 1. The van der Waals surface area contributed by atoms with Gasteiger partial charge in [-0.25, -0.2) is 8.42 Å². The first-order valence-corrected chi connectivity index (χ1v) is 8.77. The van der Waals surface area contributed by atoms with Gasteiger partial charge in [-0.2, -0.15) is 0 Å². The molecule has 3 N–H and O–H groups in total. The molecule has 0 aromatic heterocycles. The Hall–Kier alpha value is -0.950. The van der Waals surface area contributed by atoms with Crippen LogP contribution in [-0.2, 0) is 10.0 Å². The predicted octanol–water partition coefficient (Wildman–Crippen LogP) is 4.45. The number of hydrogen-bond donors (Lipinski definition) is 2. The minimum absolute atomic E-state index is 0.0526. The normalized spacial score (nSPS) is 11.4. The van der Waals surface area contributed by atoms with Crippen molar-refractivity contribution in [3.8, 4) is 0 Å². The van der Waals surface area contributed by atoms with Crippen LogP contribution in [0.15, 0.2) is 39.7 Å². The van der Waals surface area contributed by atoms with Crippen molar-refractivity contribution in [1.29, 1.82) is 0 Å². The smallest absolute Gasteiger partial charge is 0.263 e. The van der Waals surface area contributed by atoms with E-state index in [1.807, 2.05) is 6.92 Å². The number of rotatable bonds is 3. The molecule has 4 nitrogen and oxygen atoms in total. The van der Waals surface area contributed by atoms with E-state index in [4.69, 9.17) is 28.9 Å². The van der Waals surface area contributed by atoms with Gasteiger partial charge in [-0.1, -0.05) is 23.2 Å². The summed E-state index contributed by atoms with van der Waals surface area (Å²) in [6.07, 6.45) is 0. The average molecular weight is 410 g/mol. The van der Waals surface area contributed by atoms with Crippen molar-refractivity contribution >= 4 is 60.5 Å². The van der Waals surface area contributed by atoms with Gasteiger partial charge in [0.05, 0.1) is 10.7 Å². The van der Waals surface area contributed by atoms with Crippen molar-refractivity contribution in [2.45, 2.75) is 11.8 Å². The molecule has 0 aliphatic carbocycles. The second-order valence-corrected chi connectivity index (χ2v) is 7.70. The molecular formula is C13H11BrCl2N2O2S. The summed E-state index contributed by atoms with van der Waals surface area (Å²) in [4.78, 5) is -0.0537. The Morgan fingerprint density at radius 3 is 2.43 bits per heavy atom. The maximum Gasteiger partial charge on any atom is 0.263 e. The minimum atomic E-state index is -3.84. The number of sulfonamides is 1. The summed E-state index contributed by atoms with van der Waals surface area (Å²) >= 11 is 15.3. The number of halogens is 3. The van der Waals surface area contributed by atoms with Gasteiger partial charge in [0.15, 0.2) is 0 Å². The zero-order chi connectivity index (χ0) is 15.8. The van der Waals surface area contributed by atoms with Crippen LogP contribution in [0.25, 0.3) is 0 Å². The van der Waals surface area contributed by atoms with Crippen molar-refractivity contribution in [1.82, 2.24) is 0 Å². The number of anilines is 2. The lowest BCUT2D eigenvalue weighted by molar-refractivity contribution is 0.601. The lowest BCUT2D eigenvalue weighted by Crippen LogP contribution is -2.14. The van der Waals surface area contributed by atoms with Gasteiger partial charge in [-0.05, 0) is 58.7 Å². The first kappa shape index (κ1) is 16.4. The molecule has 8 heteroatoms. The highest BCUT2D eigenvalue weighted by atomic mass is 79.9. The van der Waals surface area contributed by atoms with E-state index in [-0.39, 0.29) is 9.92 Å². The molecular weight excluding hydrogens is 399 g/mol. The first-order valence-electron chi connectivity index (χ1n) is 5.74. The highest BCUT2D eigenvalue weighted by molar-refractivity contribution is 9.10. The standard InChI is InChI=1S/C13H11BrCl2N2O2S/c1-7-4-9(14)12(6-10(7)15)18-21(19,20)13-3-2-8(17)5-11(13)16/h2-6,18H,17H2,1H3. The Kier molecular flexibility index (Phi) is 4.72. The van der Waals surface area contributed by atoms with Crippen LogP contribution in [0, 0.1) is 6.92 Å². The van der Waals surface area contributed by atoms with E-state index in [0.717, 1.165) is 5.56 Å². The Morgan fingerprint density at radius 2 is 1.81 bits per heavy atom. The molecule has 0 heterocycles. The third-order valence-electron chi connectivity index (χ3n) is 2.74. The second-order valence-electron chi connectivity index (χ2n) is 4.38. The molecule has 0 aliphatic heterocycles. The topological polar surface area (TPSA) is 72.2 Å². The van der Waals surface area contributed by atoms with Crippen LogP contribution in [0.2, 0.25) is 10.0 Å². The molecule has 2 aromatic carbocycles. The molecule has 0 spiro atoms. The van der Waals surface area contributed by atoms with Crippen LogP contribution in [0.3, 0.4) is 0 Å². The van der Waals surface area contributed by atoms with Crippen LogP contribution < -0.4 is 10.5 Å². The molecule has 0 fully saturated rings. The fourth-order valence-corrected chi connectivity index (χ4v) is 4.14. The first-order chi connectivity index (χ1) is 9.70. The van der Waals surface area contributed by atoms with E-state index < -0.39 is 10.0 Å². The lowest BCUT2D eigenvalue weighted by Gasteiger charge is -2.12. The molecule has 0 saturated carbocycles. The molecule has 0 aliphatic rings. The zero-order valence-corrected chi connectivity index (χ0v) is 14.7. The summed E-state index contributed by atoms with van der Waals surface area (Å²) in [7, 11) is -3.84. The van der Waals surface area contributed by atoms with Crippen molar-refractivity contribution in [3.05, 3.63) is 50.4 Å².